The molecule has 0 spiro atoms. The molecule has 0 radical (unpaired) electrons. The summed E-state index contributed by atoms with van der Waals surface area (Å²) in [6.07, 6.45) is 0. The zero-order chi connectivity index (χ0) is 12.7. The average Bonchev–Trinajstić information content (AvgIpc) is 2.45. The van der Waals surface area contributed by atoms with E-state index in [9.17, 15) is 0 Å². The molecule has 0 aliphatic heterocycles. The first kappa shape index (κ1) is 11.7. The van der Waals surface area contributed by atoms with E-state index in [1.807, 2.05) is 11.6 Å². The molecule has 2 aromatic rings. The number of rotatable bonds is 1. The molecule has 3 heteroatoms. The molecule has 0 saturated carbocycles. The van der Waals surface area contributed by atoms with Gasteiger partial charge in [-0.2, -0.15) is 0 Å². The number of hydrogen-bond acceptors (Lipinski definition) is 2. The minimum atomic E-state index is 0.567. The first-order valence-electron chi connectivity index (χ1n) is 5.79. The molecule has 1 heterocycles. The van der Waals surface area contributed by atoms with Gasteiger partial charge < -0.3 is 10.3 Å². The molecule has 90 valence electrons. The Morgan fingerprint density at radius 2 is 1.59 bits per heavy atom. The summed E-state index contributed by atoms with van der Waals surface area (Å²) < 4.78 is 1.92. The van der Waals surface area contributed by atoms with E-state index in [4.69, 9.17) is 5.73 Å². The zero-order valence-corrected chi connectivity index (χ0v) is 11.1. The monoisotopic (exact) mass is 229 g/mol. The number of aryl methyl sites for hydroxylation is 3. The van der Waals surface area contributed by atoms with E-state index in [0.717, 1.165) is 11.4 Å². The van der Waals surface area contributed by atoms with E-state index < -0.39 is 0 Å². The highest BCUT2D eigenvalue weighted by Crippen LogP contribution is 2.30. The van der Waals surface area contributed by atoms with Crippen molar-refractivity contribution >= 4 is 5.95 Å². The fourth-order valence-corrected chi connectivity index (χ4v) is 2.39. The molecular weight excluding hydrogens is 210 g/mol. The van der Waals surface area contributed by atoms with Crippen molar-refractivity contribution in [3.63, 3.8) is 0 Å². The van der Waals surface area contributed by atoms with Crippen LogP contribution in [-0.2, 0) is 7.05 Å². The fraction of sp³-hybridized carbons (Fsp3) is 0.357. The molecule has 2 N–H and O–H groups in total. The zero-order valence-electron chi connectivity index (χ0n) is 11.1. The van der Waals surface area contributed by atoms with Gasteiger partial charge in [-0.15, -0.1) is 0 Å². The summed E-state index contributed by atoms with van der Waals surface area (Å²) in [6.45, 7) is 8.42. The Hall–Kier alpha value is -1.77. The number of hydrogen-bond donors (Lipinski definition) is 1. The Labute approximate surface area is 102 Å². The lowest BCUT2D eigenvalue weighted by atomic mass is 9.96. The highest BCUT2D eigenvalue weighted by atomic mass is 15.1. The van der Waals surface area contributed by atoms with Crippen molar-refractivity contribution in [2.24, 2.45) is 7.05 Å². The van der Waals surface area contributed by atoms with Gasteiger partial charge in [-0.1, -0.05) is 17.7 Å². The molecule has 0 atom stereocenters. The molecule has 0 unspecified atom stereocenters. The van der Waals surface area contributed by atoms with Crippen molar-refractivity contribution in [2.45, 2.75) is 27.7 Å². The van der Waals surface area contributed by atoms with Crippen molar-refractivity contribution in [3.05, 3.63) is 34.5 Å². The number of nitrogen functional groups attached to an aromatic ring is 1. The van der Waals surface area contributed by atoms with E-state index >= 15 is 0 Å². The van der Waals surface area contributed by atoms with Crippen LogP contribution < -0.4 is 5.73 Å². The van der Waals surface area contributed by atoms with Crippen LogP contribution in [0.15, 0.2) is 12.1 Å². The van der Waals surface area contributed by atoms with Gasteiger partial charge in [0.1, 0.15) is 0 Å². The summed E-state index contributed by atoms with van der Waals surface area (Å²) in [5.74, 6) is 0.567. The maximum atomic E-state index is 5.86. The van der Waals surface area contributed by atoms with Crippen molar-refractivity contribution in [2.75, 3.05) is 5.73 Å². The Balaban J connectivity index is 2.73. The van der Waals surface area contributed by atoms with Crippen LogP contribution in [0.5, 0.6) is 0 Å². The summed E-state index contributed by atoms with van der Waals surface area (Å²) >= 11 is 0. The SMILES string of the molecule is Cc1cc(C)c(-c2nc(N)n(C)c2C)c(C)c1. The number of aromatic nitrogens is 2. The summed E-state index contributed by atoms with van der Waals surface area (Å²) in [5, 5.41) is 0. The molecule has 1 aromatic heterocycles. The predicted molar refractivity (Wildman–Crippen MR) is 72.0 cm³/mol. The molecular formula is C14H19N3. The standard InChI is InChI=1S/C14H19N3/c1-8-6-9(2)12(10(3)7-8)13-11(4)17(5)14(15)16-13/h6-7H,1-5H3,(H2,15,16). The van der Waals surface area contributed by atoms with Gasteiger partial charge in [0.15, 0.2) is 0 Å². The van der Waals surface area contributed by atoms with E-state index in [0.29, 0.717) is 5.95 Å². The van der Waals surface area contributed by atoms with Crippen molar-refractivity contribution in [1.82, 2.24) is 9.55 Å². The van der Waals surface area contributed by atoms with E-state index in [1.165, 1.54) is 22.3 Å². The van der Waals surface area contributed by atoms with Gasteiger partial charge in [0.2, 0.25) is 5.95 Å². The molecule has 1 aromatic carbocycles. The molecule has 0 aliphatic carbocycles. The highest BCUT2D eigenvalue weighted by Gasteiger charge is 2.15. The summed E-state index contributed by atoms with van der Waals surface area (Å²) in [7, 11) is 1.94. The van der Waals surface area contributed by atoms with Gasteiger partial charge >= 0.3 is 0 Å². The molecule has 2 rings (SSSR count). The van der Waals surface area contributed by atoms with Crippen molar-refractivity contribution in [3.8, 4) is 11.3 Å². The topological polar surface area (TPSA) is 43.8 Å². The Kier molecular flexibility index (Phi) is 2.69. The van der Waals surface area contributed by atoms with Crippen LogP contribution in [-0.4, -0.2) is 9.55 Å². The van der Waals surface area contributed by atoms with Crippen LogP contribution in [0.3, 0.4) is 0 Å². The van der Waals surface area contributed by atoms with Crippen LogP contribution in [0.2, 0.25) is 0 Å². The van der Waals surface area contributed by atoms with Crippen LogP contribution in [0.25, 0.3) is 11.3 Å². The third-order valence-electron chi connectivity index (χ3n) is 3.33. The number of benzene rings is 1. The fourth-order valence-electron chi connectivity index (χ4n) is 2.39. The second-order valence-corrected chi connectivity index (χ2v) is 4.74. The minimum absolute atomic E-state index is 0.567. The van der Waals surface area contributed by atoms with E-state index in [1.54, 1.807) is 0 Å². The van der Waals surface area contributed by atoms with Crippen LogP contribution in [0.1, 0.15) is 22.4 Å². The smallest absolute Gasteiger partial charge is 0.200 e. The Morgan fingerprint density at radius 3 is 2.00 bits per heavy atom. The van der Waals surface area contributed by atoms with E-state index in [2.05, 4.69) is 44.8 Å². The minimum Gasteiger partial charge on any atom is -0.369 e. The third kappa shape index (κ3) is 1.82. The average molecular weight is 229 g/mol. The summed E-state index contributed by atoms with van der Waals surface area (Å²) in [5.41, 5.74) is 13.0. The first-order chi connectivity index (χ1) is 7.91. The molecule has 0 bridgehead atoms. The molecule has 3 nitrogen and oxygen atoms in total. The predicted octanol–water partition coefficient (Wildman–Crippen LogP) is 2.90. The normalized spacial score (nSPS) is 10.9. The summed E-state index contributed by atoms with van der Waals surface area (Å²) in [6, 6.07) is 4.37. The van der Waals surface area contributed by atoms with Gasteiger partial charge in [0, 0.05) is 18.3 Å². The molecule has 0 amide bonds. The lowest BCUT2D eigenvalue weighted by Crippen LogP contribution is -1.98. The van der Waals surface area contributed by atoms with Gasteiger partial charge in [0.05, 0.1) is 5.69 Å². The molecule has 0 fully saturated rings. The first-order valence-corrected chi connectivity index (χ1v) is 5.79. The maximum absolute atomic E-state index is 5.86. The van der Waals surface area contributed by atoms with Crippen molar-refractivity contribution in [1.29, 1.82) is 0 Å². The lowest BCUT2D eigenvalue weighted by Gasteiger charge is -2.10. The number of nitrogens with zero attached hydrogens (tertiary/aromatic N) is 2. The number of imidazole rings is 1. The van der Waals surface area contributed by atoms with Crippen LogP contribution in [0, 0.1) is 27.7 Å². The summed E-state index contributed by atoms with van der Waals surface area (Å²) in [4.78, 5) is 4.47. The van der Waals surface area contributed by atoms with Gasteiger partial charge in [-0.3, -0.25) is 0 Å². The molecule has 0 aliphatic rings. The molecule has 0 saturated heterocycles. The number of nitrogens with two attached hydrogens (primary N) is 1. The quantitative estimate of drug-likeness (QED) is 0.817. The Morgan fingerprint density at radius 1 is 1.06 bits per heavy atom. The van der Waals surface area contributed by atoms with Crippen LogP contribution in [0.4, 0.5) is 5.95 Å². The van der Waals surface area contributed by atoms with Gasteiger partial charge in [0.25, 0.3) is 0 Å². The second kappa shape index (κ2) is 3.91. The Bertz CT molecular complexity index is 556. The highest BCUT2D eigenvalue weighted by molar-refractivity contribution is 5.71. The number of anilines is 1. The molecule has 17 heavy (non-hydrogen) atoms. The largest absolute Gasteiger partial charge is 0.369 e. The third-order valence-corrected chi connectivity index (χ3v) is 3.33. The second-order valence-electron chi connectivity index (χ2n) is 4.74. The van der Waals surface area contributed by atoms with Crippen molar-refractivity contribution < 1.29 is 0 Å². The van der Waals surface area contributed by atoms with Gasteiger partial charge in [-0.05, 0) is 38.8 Å². The lowest BCUT2D eigenvalue weighted by molar-refractivity contribution is 0.889. The van der Waals surface area contributed by atoms with E-state index in [-0.39, 0.29) is 0 Å². The van der Waals surface area contributed by atoms with Crippen LogP contribution >= 0.6 is 0 Å². The maximum Gasteiger partial charge on any atom is 0.200 e. The van der Waals surface area contributed by atoms with Gasteiger partial charge in [-0.25, -0.2) is 4.98 Å².